The summed E-state index contributed by atoms with van der Waals surface area (Å²) in [5.74, 6) is 0.727. The standard InChI is InChI=1S/C22H28N2O2/c1-17(20-8-4-5-9-21(20)26-2)23-22(25)19-12-10-18(11-13-19)16-24-14-6-3-7-15-24/h4-5,8-13,17H,3,6-7,14-16H2,1-2H3,(H,23,25). The number of rotatable bonds is 6. The number of carbonyl (C=O) groups excluding carboxylic acids is 1. The second-order valence-electron chi connectivity index (χ2n) is 6.97. The maximum absolute atomic E-state index is 12.6. The van der Waals surface area contributed by atoms with Gasteiger partial charge in [0.2, 0.25) is 0 Å². The number of hydrogen-bond donors (Lipinski definition) is 1. The molecule has 26 heavy (non-hydrogen) atoms. The van der Waals surface area contributed by atoms with Crippen molar-refractivity contribution in [3.63, 3.8) is 0 Å². The van der Waals surface area contributed by atoms with Gasteiger partial charge in [-0.15, -0.1) is 0 Å². The summed E-state index contributed by atoms with van der Waals surface area (Å²) in [6.45, 7) is 5.30. The Morgan fingerprint density at radius 1 is 1.08 bits per heavy atom. The predicted molar refractivity (Wildman–Crippen MR) is 104 cm³/mol. The Morgan fingerprint density at radius 3 is 2.46 bits per heavy atom. The molecule has 1 saturated heterocycles. The zero-order valence-electron chi connectivity index (χ0n) is 15.7. The van der Waals surface area contributed by atoms with Crippen LogP contribution in [0, 0.1) is 0 Å². The Kier molecular flexibility index (Phi) is 6.29. The highest BCUT2D eigenvalue weighted by Gasteiger charge is 2.15. The minimum atomic E-state index is -0.119. The van der Waals surface area contributed by atoms with Gasteiger partial charge in [-0.25, -0.2) is 0 Å². The van der Waals surface area contributed by atoms with Crippen molar-refractivity contribution >= 4 is 5.91 Å². The molecule has 1 heterocycles. The number of benzene rings is 2. The van der Waals surface area contributed by atoms with Crippen molar-refractivity contribution in [2.75, 3.05) is 20.2 Å². The van der Waals surface area contributed by atoms with E-state index in [-0.39, 0.29) is 11.9 Å². The van der Waals surface area contributed by atoms with Gasteiger partial charge in [0, 0.05) is 17.7 Å². The molecule has 4 heteroatoms. The molecule has 0 radical (unpaired) electrons. The van der Waals surface area contributed by atoms with Crippen molar-refractivity contribution in [3.8, 4) is 5.75 Å². The third kappa shape index (κ3) is 4.64. The van der Waals surface area contributed by atoms with Crippen molar-refractivity contribution < 1.29 is 9.53 Å². The molecule has 0 aromatic heterocycles. The molecule has 2 aromatic rings. The van der Waals surface area contributed by atoms with Crippen molar-refractivity contribution in [2.45, 2.75) is 38.8 Å². The van der Waals surface area contributed by atoms with Crippen LogP contribution in [0.1, 0.15) is 53.7 Å². The Labute approximate surface area is 156 Å². The molecule has 1 fully saturated rings. The van der Waals surface area contributed by atoms with Gasteiger partial charge in [-0.05, 0) is 56.6 Å². The molecule has 1 unspecified atom stereocenters. The van der Waals surface area contributed by atoms with E-state index in [2.05, 4.69) is 22.3 Å². The van der Waals surface area contributed by atoms with E-state index < -0.39 is 0 Å². The van der Waals surface area contributed by atoms with E-state index in [1.807, 2.05) is 43.3 Å². The van der Waals surface area contributed by atoms with Gasteiger partial charge >= 0.3 is 0 Å². The molecule has 1 atom stereocenters. The average Bonchev–Trinajstić information content (AvgIpc) is 2.69. The molecule has 0 saturated carbocycles. The van der Waals surface area contributed by atoms with E-state index in [4.69, 9.17) is 4.74 Å². The van der Waals surface area contributed by atoms with E-state index in [0.29, 0.717) is 5.56 Å². The van der Waals surface area contributed by atoms with E-state index in [1.165, 1.54) is 37.9 Å². The molecular weight excluding hydrogens is 324 g/mol. The summed E-state index contributed by atoms with van der Waals surface area (Å²) in [4.78, 5) is 15.1. The first-order chi connectivity index (χ1) is 12.7. The first-order valence-corrected chi connectivity index (χ1v) is 9.42. The molecule has 1 amide bonds. The maximum atomic E-state index is 12.6. The summed E-state index contributed by atoms with van der Waals surface area (Å²) in [6, 6.07) is 15.6. The fraction of sp³-hybridized carbons (Fsp3) is 0.409. The van der Waals surface area contributed by atoms with Crippen molar-refractivity contribution in [1.29, 1.82) is 0 Å². The minimum absolute atomic E-state index is 0.0621. The number of para-hydroxylation sites is 1. The van der Waals surface area contributed by atoms with Gasteiger partial charge in [0.15, 0.2) is 0 Å². The number of nitrogens with one attached hydrogen (secondary N) is 1. The molecule has 2 aromatic carbocycles. The summed E-state index contributed by atoms with van der Waals surface area (Å²) in [6.07, 6.45) is 3.93. The number of nitrogens with zero attached hydrogens (tertiary/aromatic N) is 1. The molecule has 4 nitrogen and oxygen atoms in total. The average molecular weight is 352 g/mol. The van der Waals surface area contributed by atoms with Crippen LogP contribution in [0.15, 0.2) is 48.5 Å². The molecule has 0 bridgehead atoms. The molecular formula is C22H28N2O2. The monoisotopic (exact) mass is 352 g/mol. The second kappa shape index (κ2) is 8.86. The SMILES string of the molecule is COc1ccccc1C(C)NC(=O)c1ccc(CN2CCCCC2)cc1. The van der Waals surface area contributed by atoms with Crippen LogP contribution in [0.3, 0.4) is 0 Å². The third-order valence-electron chi connectivity index (χ3n) is 5.02. The predicted octanol–water partition coefficient (Wildman–Crippen LogP) is 4.17. The molecule has 3 rings (SSSR count). The lowest BCUT2D eigenvalue weighted by atomic mass is 10.1. The zero-order valence-corrected chi connectivity index (χ0v) is 15.7. The van der Waals surface area contributed by atoms with Crippen LogP contribution in [0.5, 0.6) is 5.75 Å². The minimum Gasteiger partial charge on any atom is -0.496 e. The highest BCUT2D eigenvalue weighted by Crippen LogP contribution is 2.24. The Morgan fingerprint density at radius 2 is 1.77 bits per heavy atom. The van der Waals surface area contributed by atoms with Crippen LogP contribution in [0.25, 0.3) is 0 Å². The highest BCUT2D eigenvalue weighted by atomic mass is 16.5. The van der Waals surface area contributed by atoms with Crippen LogP contribution in [-0.4, -0.2) is 31.0 Å². The summed E-state index contributed by atoms with van der Waals surface area (Å²) >= 11 is 0. The number of ether oxygens (including phenoxy) is 1. The number of hydrogen-bond acceptors (Lipinski definition) is 3. The Balaban J connectivity index is 1.60. The normalized spacial score (nSPS) is 16.1. The van der Waals surface area contributed by atoms with Crippen LogP contribution in [0.2, 0.25) is 0 Å². The molecule has 0 aliphatic carbocycles. The van der Waals surface area contributed by atoms with Crippen LogP contribution < -0.4 is 10.1 Å². The van der Waals surface area contributed by atoms with Gasteiger partial charge < -0.3 is 10.1 Å². The fourth-order valence-electron chi connectivity index (χ4n) is 3.52. The van der Waals surface area contributed by atoms with E-state index in [1.54, 1.807) is 7.11 Å². The lowest BCUT2D eigenvalue weighted by molar-refractivity contribution is 0.0939. The smallest absolute Gasteiger partial charge is 0.251 e. The van der Waals surface area contributed by atoms with Crippen LogP contribution in [0.4, 0.5) is 0 Å². The summed E-state index contributed by atoms with van der Waals surface area (Å²) in [5, 5.41) is 3.06. The largest absolute Gasteiger partial charge is 0.496 e. The van der Waals surface area contributed by atoms with E-state index in [9.17, 15) is 4.79 Å². The number of methoxy groups -OCH3 is 1. The van der Waals surface area contributed by atoms with Gasteiger partial charge in [-0.2, -0.15) is 0 Å². The fourth-order valence-corrected chi connectivity index (χ4v) is 3.52. The first-order valence-electron chi connectivity index (χ1n) is 9.42. The van der Waals surface area contributed by atoms with Crippen molar-refractivity contribution in [3.05, 3.63) is 65.2 Å². The summed E-state index contributed by atoms with van der Waals surface area (Å²) < 4.78 is 5.39. The zero-order chi connectivity index (χ0) is 18.4. The first kappa shape index (κ1) is 18.5. The molecule has 1 aliphatic rings. The Hall–Kier alpha value is -2.33. The van der Waals surface area contributed by atoms with Crippen LogP contribution in [-0.2, 0) is 6.54 Å². The molecule has 0 spiro atoms. The molecule has 1 N–H and O–H groups in total. The quantitative estimate of drug-likeness (QED) is 0.848. The third-order valence-corrected chi connectivity index (χ3v) is 5.02. The van der Waals surface area contributed by atoms with Crippen LogP contribution >= 0.6 is 0 Å². The topological polar surface area (TPSA) is 41.6 Å². The van der Waals surface area contributed by atoms with Gasteiger partial charge in [-0.3, -0.25) is 9.69 Å². The van der Waals surface area contributed by atoms with E-state index in [0.717, 1.165) is 17.9 Å². The lowest BCUT2D eigenvalue weighted by Crippen LogP contribution is -2.29. The summed E-state index contributed by atoms with van der Waals surface area (Å²) in [7, 11) is 1.65. The molecule has 1 aliphatic heterocycles. The number of piperidine rings is 1. The molecule has 138 valence electrons. The number of likely N-dealkylation sites (tertiary alicyclic amines) is 1. The van der Waals surface area contributed by atoms with Gasteiger partial charge in [0.25, 0.3) is 5.91 Å². The number of amides is 1. The van der Waals surface area contributed by atoms with Gasteiger partial charge in [-0.1, -0.05) is 36.8 Å². The van der Waals surface area contributed by atoms with Gasteiger partial charge in [0.05, 0.1) is 13.2 Å². The second-order valence-corrected chi connectivity index (χ2v) is 6.97. The highest BCUT2D eigenvalue weighted by molar-refractivity contribution is 5.94. The maximum Gasteiger partial charge on any atom is 0.251 e. The number of carbonyl (C=O) groups is 1. The van der Waals surface area contributed by atoms with E-state index >= 15 is 0 Å². The summed E-state index contributed by atoms with van der Waals surface area (Å²) in [5.41, 5.74) is 2.93. The lowest BCUT2D eigenvalue weighted by Gasteiger charge is -2.26. The Bertz CT molecular complexity index is 721. The van der Waals surface area contributed by atoms with Crippen molar-refractivity contribution in [1.82, 2.24) is 10.2 Å². The van der Waals surface area contributed by atoms with Crippen molar-refractivity contribution in [2.24, 2.45) is 0 Å². The van der Waals surface area contributed by atoms with Gasteiger partial charge in [0.1, 0.15) is 5.75 Å².